The normalized spacial score (nSPS) is 10.2. The first-order valence-electron chi connectivity index (χ1n) is 3.98. The molecular formula is C8H13N3O. The molecule has 1 rings (SSSR count). The summed E-state index contributed by atoms with van der Waals surface area (Å²) in [5, 5.41) is 0. The van der Waals surface area contributed by atoms with E-state index in [9.17, 15) is 4.79 Å². The van der Waals surface area contributed by atoms with Crippen LogP contribution in [0.4, 0.5) is 5.82 Å². The van der Waals surface area contributed by atoms with E-state index in [1.807, 2.05) is 13.8 Å². The molecule has 0 amide bonds. The summed E-state index contributed by atoms with van der Waals surface area (Å²) >= 11 is 0. The molecule has 1 aromatic heterocycles. The molecule has 4 heteroatoms. The molecule has 0 unspecified atom stereocenters. The zero-order valence-corrected chi connectivity index (χ0v) is 7.37. The second-order valence-electron chi connectivity index (χ2n) is 2.79. The number of anilines is 1. The molecule has 0 aliphatic rings. The Kier molecular flexibility index (Phi) is 2.47. The number of hydrogen-bond donors (Lipinski definition) is 1. The molecule has 12 heavy (non-hydrogen) atoms. The lowest BCUT2D eigenvalue weighted by atomic mass is 10.3. The number of rotatable bonds is 2. The van der Waals surface area contributed by atoms with Crippen LogP contribution in [0.2, 0.25) is 0 Å². The molecule has 0 spiro atoms. The predicted molar refractivity (Wildman–Crippen MR) is 47.9 cm³/mol. The number of hydrogen-bond acceptors (Lipinski definition) is 3. The van der Waals surface area contributed by atoms with Crippen LogP contribution in [-0.4, -0.2) is 9.55 Å². The van der Waals surface area contributed by atoms with Gasteiger partial charge in [-0.2, -0.15) is 4.98 Å². The first-order valence-corrected chi connectivity index (χ1v) is 3.98. The highest BCUT2D eigenvalue weighted by Crippen LogP contribution is 2.01. The van der Waals surface area contributed by atoms with Crippen molar-refractivity contribution < 1.29 is 0 Å². The molecule has 0 saturated carbocycles. The molecule has 0 aliphatic heterocycles. The van der Waals surface area contributed by atoms with Crippen LogP contribution in [0.1, 0.15) is 18.9 Å². The van der Waals surface area contributed by atoms with Crippen LogP contribution in [0.5, 0.6) is 0 Å². The molecule has 0 fully saturated rings. The number of nitrogens with zero attached hydrogens (tertiary/aromatic N) is 2. The predicted octanol–water partition coefficient (Wildman–Crippen LogP) is 0.544. The maximum atomic E-state index is 11.2. The van der Waals surface area contributed by atoms with Crippen LogP contribution in [0.15, 0.2) is 11.0 Å². The fourth-order valence-electron chi connectivity index (χ4n) is 1.01. The van der Waals surface area contributed by atoms with E-state index in [1.165, 1.54) is 0 Å². The first-order chi connectivity index (χ1) is 5.65. The lowest BCUT2D eigenvalue weighted by Gasteiger charge is -2.04. The average molecular weight is 167 g/mol. The molecule has 1 heterocycles. The fraction of sp³-hybridized carbons (Fsp3) is 0.500. The Labute approximate surface area is 71.0 Å². The van der Waals surface area contributed by atoms with Crippen molar-refractivity contribution in [2.45, 2.75) is 26.8 Å². The Balaban J connectivity index is 3.14. The Bertz CT molecular complexity index is 330. The summed E-state index contributed by atoms with van der Waals surface area (Å²) in [6.07, 6.45) is 2.67. The van der Waals surface area contributed by atoms with Gasteiger partial charge in [0.1, 0.15) is 5.82 Å². The van der Waals surface area contributed by atoms with E-state index >= 15 is 0 Å². The minimum absolute atomic E-state index is 0.264. The van der Waals surface area contributed by atoms with Crippen LogP contribution in [0.3, 0.4) is 0 Å². The molecule has 0 atom stereocenters. The van der Waals surface area contributed by atoms with Gasteiger partial charge in [0.2, 0.25) is 0 Å². The molecule has 4 nitrogen and oxygen atoms in total. The average Bonchev–Trinajstić information content (AvgIpc) is 2.01. The van der Waals surface area contributed by atoms with Crippen molar-refractivity contribution >= 4 is 5.82 Å². The van der Waals surface area contributed by atoms with Crippen molar-refractivity contribution in [3.8, 4) is 0 Å². The monoisotopic (exact) mass is 167 g/mol. The van der Waals surface area contributed by atoms with Gasteiger partial charge in [0.25, 0.3) is 0 Å². The van der Waals surface area contributed by atoms with Gasteiger partial charge in [0, 0.05) is 18.3 Å². The molecule has 0 aliphatic carbocycles. The van der Waals surface area contributed by atoms with Crippen LogP contribution in [0.25, 0.3) is 0 Å². The molecule has 0 bridgehead atoms. The summed E-state index contributed by atoms with van der Waals surface area (Å²) < 4.78 is 1.58. The molecule has 1 aromatic rings. The third kappa shape index (κ3) is 1.64. The highest BCUT2D eigenvalue weighted by Gasteiger charge is 1.99. The number of aryl methyl sites for hydroxylation is 2. The number of nitrogen functional groups attached to an aromatic ring is 1. The van der Waals surface area contributed by atoms with E-state index in [2.05, 4.69) is 4.98 Å². The zero-order valence-electron chi connectivity index (χ0n) is 7.37. The highest BCUT2D eigenvalue weighted by molar-refractivity contribution is 5.34. The maximum Gasteiger partial charge on any atom is 0.349 e. The van der Waals surface area contributed by atoms with E-state index in [4.69, 9.17) is 5.73 Å². The summed E-state index contributed by atoms with van der Waals surface area (Å²) in [4.78, 5) is 14.8. The van der Waals surface area contributed by atoms with E-state index in [0.717, 1.165) is 12.0 Å². The van der Waals surface area contributed by atoms with Crippen molar-refractivity contribution in [2.75, 3.05) is 5.73 Å². The van der Waals surface area contributed by atoms with Gasteiger partial charge in [-0.3, -0.25) is 4.57 Å². The topological polar surface area (TPSA) is 60.9 Å². The quantitative estimate of drug-likeness (QED) is 0.699. The second-order valence-corrected chi connectivity index (χ2v) is 2.79. The smallest absolute Gasteiger partial charge is 0.349 e. The Morgan fingerprint density at radius 2 is 2.33 bits per heavy atom. The van der Waals surface area contributed by atoms with Gasteiger partial charge in [-0.25, -0.2) is 4.79 Å². The summed E-state index contributed by atoms with van der Waals surface area (Å²) in [6.45, 7) is 4.55. The van der Waals surface area contributed by atoms with Crippen LogP contribution in [-0.2, 0) is 6.54 Å². The largest absolute Gasteiger partial charge is 0.383 e. The highest BCUT2D eigenvalue weighted by atomic mass is 16.1. The Morgan fingerprint density at radius 1 is 1.67 bits per heavy atom. The van der Waals surface area contributed by atoms with Crippen molar-refractivity contribution in [1.82, 2.24) is 9.55 Å². The molecular weight excluding hydrogens is 154 g/mol. The summed E-state index contributed by atoms with van der Waals surface area (Å²) in [6, 6.07) is 0. The molecule has 0 radical (unpaired) electrons. The van der Waals surface area contributed by atoms with Crippen LogP contribution in [0, 0.1) is 6.92 Å². The van der Waals surface area contributed by atoms with Gasteiger partial charge in [0.05, 0.1) is 0 Å². The number of nitrogens with two attached hydrogens (primary N) is 1. The Hall–Kier alpha value is -1.32. The minimum Gasteiger partial charge on any atom is -0.383 e. The summed E-state index contributed by atoms with van der Waals surface area (Å²) in [5.41, 5.74) is 6.05. The van der Waals surface area contributed by atoms with Crippen molar-refractivity contribution in [1.29, 1.82) is 0 Å². The van der Waals surface area contributed by atoms with Crippen LogP contribution < -0.4 is 11.4 Å². The van der Waals surface area contributed by atoms with E-state index in [1.54, 1.807) is 10.8 Å². The van der Waals surface area contributed by atoms with E-state index < -0.39 is 0 Å². The molecule has 0 aromatic carbocycles. The van der Waals surface area contributed by atoms with Gasteiger partial charge in [-0.05, 0) is 13.3 Å². The zero-order chi connectivity index (χ0) is 9.14. The fourth-order valence-corrected chi connectivity index (χ4v) is 1.01. The standard InChI is InChI=1S/C8H13N3O/c1-3-4-11-5-6(2)7(9)10-8(11)12/h5H,3-4H2,1-2H3,(H2,9,10,12). The molecule has 66 valence electrons. The van der Waals surface area contributed by atoms with Gasteiger partial charge < -0.3 is 5.73 Å². The lowest BCUT2D eigenvalue weighted by Crippen LogP contribution is -2.24. The molecule has 0 saturated heterocycles. The minimum atomic E-state index is -0.264. The molecule has 2 N–H and O–H groups in total. The third-order valence-electron chi connectivity index (χ3n) is 1.68. The van der Waals surface area contributed by atoms with Crippen molar-refractivity contribution in [3.63, 3.8) is 0 Å². The van der Waals surface area contributed by atoms with Gasteiger partial charge in [-0.1, -0.05) is 6.92 Å². The van der Waals surface area contributed by atoms with Gasteiger partial charge in [0.15, 0.2) is 0 Å². The summed E-state index contributed by atoms with van der Waals surface area (Å²) in [5.74, 6) is 0.326. The van der Waals surface area contributed by atoms with Crippen LogP contribution >= 0.6 is 0 Å². The van der Waals surface area contributed by atoms with E-state index in [-0.39, 0.29) is 5.69 Å². The van der Waals surface area contributed by atoms with Crippen molar-refractivity contribution in [3.05, 3.63) is 22.2 Å². The summed E-state index contributed by atoms with van der Waals surface area (Å²) in [7, 11) is 0. The van der Waals surface area contributed by atoms with Crippen molar-refractivity contribution in [2.24, 2.45) is 0 Å². The first kappa shape index (κ1) is 8.77. The SMILES string of the molecule is CCCn1cc(C)c(N)nc1=O. The van der Waals surface area contributed by atoms with Gasteiger partial charge in [-0.15, -0.1) is 0 Å². The Morgan fingerprint density at radius 3 is 2.92 bits per heavy atom. The second kappa shape index (κ2) is 3.38. The third-order valence-corrected chi connectivity index (χ3v) is 1.68. The lowest BCUT2D eigenvalue weighted by molar-refractivity contribution is 0.634. The van der Waals surface area contributed by atoms with E-state index in [0.29, 0.717) is 12.4 Å². The number of aromatic nitrogens is 2. The van der Waals surface area contributed by atoms with Gasteiger partial charge >= 0.3 is 5.69 Å². The maximum absolute atomic E-state index is 11.2.